The van der Waals surface area contributed by atoms with Gasteiger partial charge in [-0.3, -0.25) is 4.79 Å². The Morgan fingerprint density at radius 2 is 2.14 bits per heavy atom. The maximum Gasteiger partial charge on any atom is 0.251 e. The molecule has 0 radical (unpaired) electrons. The number of carbonyl (C=O) groups is 1. The molecule has 4 heteroatoms. The molecule has 0 saturated heterocycles. The van der Waals surface area contributed by atoms with Crippen LogP contribution in [0, 0.1) is 17.8 Å². The molecule has 3 N–H and O–H groups in total. The Balaban J connectivity index is 1.68. The lowest BCUT2D eigenvalue weighted by molar-refractivity contribution is 0.0914. The summed E-state index contributed by atoms with van der Waals surface area (Å²) in [7, 11) is 0. The van der Waals surface area contributed by atoms with Gasteiger partial charge in [-0.25, -0.2) is 0 Å². The average molecular weight is 316 g/mol. The van der Waals surface area contributed by atoms with Crippen LogP contribution in [0.4, 0.5) is 0 Å². The van der Waals surface area contributed by atoms with Crippen molar-refractivity contribution in [3.63, 3.8) is 0 Å². The number of thiocarbonyl (C=S) groups is 1. The monoisotopic (exact) mass is 316 g/mol. The van der Waals surface area contributed by atoms with Crippen molar-refractivity contribution in [2.75, 3.05) is 0 Å². The van der Waals surface area contributed by atoms with Gasteiger partial charge < -0.3 is 11.1 Å². The van der Waals surface area contributed by atoms with Crippen molar-refractivity contribution >= 4 is 23.1 Å². The number of amides is 1. The number of hydrogen-bond acceptors (Lipinski definition) is 2. The first-order valence-corrected chi connectivity index (χ1v) is 8.62. The quantitative estimate of drug-likeness (QED) is 0.821. The van der Waals surface area contributed by atoms with E-state index in [4.69, 9.17) is 18.0 Å². The van der Waals surface area contributed by atoms with Crippen LogP contribution in [-0.2, 0) is 6.42 Å². The number of carbonyl (C=O) groups excluding carboxylic acids is 1. The van der Waals surface area contributed by atoms with Gasteiger partial charge in [-0.05, 0) is 55.6 Å². The fourth-order valence-electron chi connectivity index (χ4n) is 4.38. The van der Waals surface area contributed by atoms with Gasteiger partial charge in [0.25, 0.3) is 5.91 Å². The lowest BCUT2D eigenvalue weighted by Crippen LogP contribution is -2.40. The average Bonchev–Trinajstić information content (AvgIpc) is 3.09. The molecule has 2 bridgehead atoms. The molecule has 0 aliphatic heterocycles. The van der Waals surface area contributed by atoms with Crippen molar-refractivity contribution < 1.29 is 4.79 Å². The van der Waals surface area contributed by atoms with E-state index in [9.17, 15) is 4.79 Å². The van der Waals surface area contributed by atoms with Gasteiger partial charge in [-0.15, -0.1) is 0 Å². The van der Waals surface area contributed by atoms with Crippen molar-refractivity contribution in [1.29, 1.82) is 0 Å². The zero-order valence-electron chi connectivity index (χ0n) is 13.0. The van der Waals surface area contributed by atoms with E-state index in [2.05, 4.69) is 12.2 Å². The summed E-state index contributed by atoms with van der Waals surface area (Å²) < 4.78 is 0. The molecule has 2 fully saturated rings. The number of fused-ring (bicyclic) bond motifs is 2. The minimum atomic E-state index is 0.00197. The molecule has 118 valence electrons. The highest BCUT2D eigenvalue weighted by atomic mass is 32.1. The van der Waals surface area contributed by atoms with Crippen LogP contribution in [0.3, 0.4) is 0 Å². The van der Waals surface area contributed by atoms with Gasteiger partial charge in [-0.2, -0.15) is 0 Å². The van der Waals surface area contributed by atoms with E-state index < -0.39 is 0 Å². The Bertz CT molecular complexity index is 586. The minimum absolute atomic E-state index is 0.00197. The highest BCUT2D eigenvalue weighted by molar-refractivity contribution is 7.80. The molecule has 2 saturated carbocycles. The molecular weight excluding hydrogens is 292 g/mol. The molecule has 3 rings (SSSR count). The molecule has 4 unspecified atom stereocenters. The number of benzene rings is 1. The third-order valence-electron chi connectivity index (χ3n) is 5.42. The predicted octanol–water partition coefficient (Wildman–Crippen LogP) is 3.07. The maximum atomic E-state index is 12.6. The molecule has 2 aliphatic carbocycles. The van der Waals surface area contributed by atoms with Crippen molar-refractivity contribution in [3.8, 4) is 0 Å². The Hall–Kier alpha value is -1.42. The molecule has 1 aromatic rings. The second-order valence-corrected chi connectivity index (χ2v) is 7.43. The molecule has 1 amide bonds. The second-order valence-electron chi connectivity index (χ2n) is 6.90. The smallest absolute Gasteiger partial charge is 0.251 e. The Morgan fingerprint density at radius 3 is 2.77 bits per heavy atom. The third kappa shape index (κ3) is 3.17. The molecule has 2 aliphatic rings. The van der Waals surface area contributed by atoms with Crippen LogP contribution in [0.2, 0.25) is 0 Å². The van der Waals surface area contributed by atoms with E-state index in [1.54, 1.807) is 0 Å². The zero-order chi connectivity index (χ0) is 15.7. The predicted molar refractivity (Wildman–Crippen MR) is 92.8 cm³/mol. The Labute approximate surface area is 137 Å². The van der Waals surface area contributed by atoms with Gasteiger partial charge in [0.2, 0.25) is 0 Å². The van der Waals surface area contributed by atoms with Crippen molar-refractivity contribution in [1.82, 2.24) is 5.32 Å². The van der Waals surface area contributed by atoms with E-state index in [1.807, 2.05) is 24.3 Å². The molecule has 0 aromatic heterocycles. The van der Waals surface area contributed by atoms with E-state index in [-0.39, 0.29) is 11.9 Å². The largest absolute Gasteiger partial charge is 0.393 e. The molecule has 3 nitrogen and oxygen atoms in total. The Morgan fingerprint density at radius 1 is 1.36 bits per heavy atom. The van der Waals surface area contributed by atoms with Crippen LogP contribution in [0.25, 0.3) is 0 Å². The van der Waals surface area contributed by atoms with Crippen LogP contribution < -0.4 is 11.1 Å². The fourth-order valence-corrected chi connectivity index (χ4v) is 4.54. The van der Waals surface area contributed by atoms with Crippen LogP contribution in [0.5, 0.6) is 0 Å². The van der Waals surface area contributed by atoms with Crippen LogP contribution in [0.1, 0.15) is 48.5 Å². The summed E-state index contributed by atoms with van der Waals surface area (Å²) in [4.78, 5) is 13.0. The van der Waals surface area contributed by atoms with Gasteiger partial charge in [0.1, 0.15) is 0 Å². The molecule has 22 heavy (non-hydrogen) atoms. The molecule has 0 spiro atoms. The number of rotatable bonds is 5. The van der Waals surface area contributed by atoms with Crippen LogP contribution >= 0.6 is 12.2 Å². The summed E-state index contributed by atoms with van der Waals surface area (Å²) in [6.07, 6.45) is 5.84. The molecule has 0 heterocycles. The lowest BCUT2D eigenvalue weighted by atomic mass is 9.84. The van der Waals surface area contributed by atoms with Crippen LogP contribution in [0.15, 0.2) is 24.3 Å². The first-order valence-electron chi connectivity index (χ1n) is 8.21. The highest BCUT2D eigenvalue weighted by Gasteiger charge is 2.42. The lowest BCUT2D eigenvalue weighted by Gasteiger charge is -2.28. The van der Waals surface area contributed by atoms with Crippen molar-refractivity contribution in [3.05, 3.63) is 35.4 Å². The molecule has 4 atom stereocenters. The third-order valence-corrected chi connectivity index (χ3v) is 5.56. The normalized spacial score (nSPS) is 27.6. The molecular formula is C18H24N2OS. The standard InChI is InChI=1S/C18H24N2OS/c1-11(16-9-12-6-7-14(16)8-12)20-18(21)15-5-3-2-4-13(15)10-17(19)22/h2-5,11-12,14,16H,6-10H2,1H3,(H2,19,22)(H,20,21). The van der Waals surface area contributed by atoms with Gasteiger partial charge in [-0.1, -0.05) is 36.8 Å². The minimum Gasteiger partial charge on any atom is -0.393 e. The number of hydrogen-bond donors (Lipinski definition) is 2. The highest BCUT2D eigenvalue weighted by Crippen LogP contribution is 2.49. The summed E-state index contributed by atoms with van der Waals surface area (Å²) in [6, 6.07) is 7.83. The van der Waals surface area contributed by atoms with Gasteiger partial charge in [0.15, 0.2) is 0 Å². The first-order chi connectivity index (χ1) is 10.5. The summed E-state index contributed by atoms with van der Waals surface area (Å²) in [5, 5.41) is 3.21. The zero-order valence-corrected chi connectivity index (χ0v) is 13.9. The van der Waals surface area contributed by atoms with Crippen molar-refractivity contribution in [2.45, 2.75) is 45.1 Å². The number of nitrogens with two attached hydrogens (primary N) is 1. The summed E-state index contributed by atoms with van der Waals surface area (Å²) in [5.74, 6) is 2.36. The summed E-state index contributed by atoms with van der Waals surface area (Å²) in [6.45, 7) is 2.15. The molecule has 1 aromatic carbocycles. The van der Waals surface area contributed by atoms with E-state index in [0.29, 0.717) is 22.9 Å². The van der Waals surface area contributed by atoms with Gasteiger partial charge >= 0.3 is 0 Å². The second kappa shape index (κ2) is 6.37. The van der Waals surface area contributed by atoms with Gasteiger partial charge in [0.05, 0.1) is 4.99 Å². The topological polar surface area (TPSA) is 55.1 Å². The Kier molecular flexibility index (Phi) is 4.48. The van der Waals surface area contributed by atoms with E-state index in [0.717, 1.165) is 17.4 Å². The summed E-state index contributed by atoms with van der Waals surface area (Å²) >= 11 is 4.98. The maximum absolute atomic E-state index is 12.6. The fraction of sp³-hybridized carbons (Fsp3) is 0.556. The van der Waals surface area contributed by atoms with E-state index >= 15 is 0 Å². The van der Waals surface area contributed by atoms with E-state index in [1.165, 1.54) is 25.7 Å². The van der Waals surface area contributed by atoms with Crippen molar-refractivity contribution in [2.24, 2.45) is 23.5 Å². The SMILES string of the molecule is CC(NC(=O)c1ccccc1CC(N)=S)C1CC2CCC1C2. The first kappa shape index (κ1) is 15.5. The van der Waals surface area contributed by atoms with Gasteiger partial charge in [0, 0.05) is 18.0 Å². The summed E-state index contributed by atoms with van der Waals surface area (Å²) in [5.41, 5.74) is 7.24. The van der Waals surface area contributed by atoms with Crippen LogP contribution in [-0.4, -0.2) is 16.9 Å². The number of nitrogens with one attached hydrogen (secondary N) is 1.